The highest BCUT2D eigenvalue weighted by molar-refractivity contribution is 9.10. The second-order valence-corrected chi connectivity index (χ2v) is 7.24. The summed E-state index contributed by atoms with van der Waals surface area (Å²) in [6.45, 7) is 8.41. The van der Waals surface area contributed by atoms with Crippen LogP contribution >= 0.6 is 27.5 Å². The second kappa shape index (κ2) is 6.37. The summed E-state index contributed by atoms with van der Waals surface area (Å²) in [6.07, 6.45) is 0. The molecule has 0 radical (unpaired) electrons. The number of rotatable bonds is 3. The molecule has 0 saturated carbocycles. The predicted octanol–water partition coefficient (Wildman–Crippen LogP) is 5.98. The highest BCUT2D eigenvalue weighted by atomic mass is 79.9. The Kier molecular flexibility index (Phi) is 4.95. The number of aromatic nitrogens is 1. The summed E-state index contributed by atoms with van der Waals surface area (Å²) in [5.41, 5.74) is 3.10. The Morgan fingerprint density at radius 3 is 2.48 bits per heavy atom. The van der Waals surface area contributed by atoms with Crippen LogP contribution < -0.4 is 4.74 Å². The van der Waals surface area contributed by atoms with Gasteiger partial charge in [-0.2, -0.15) is 0 Å². The van der Waals surface area contributed by atoms with Gasteiger partial charge < -0.3 is 4.74 Å². The molecule has 0 aliphatic carbocycles. The van der Waals surface area contributed by atoms with Crippen molar-refractivity contribution >= 4 is 27.5 Å². The maximum atomic E-state index is 5.98. The lowest BCUT2D eigenvalue weighted by Gasteiger charge is -2.19. The van der Waals surface area contributed by atoms with Crippen LogP contribution in [0.5, 0.6) is 11.6 Å². The Morgan fingerprint density at radius 2 is 1.90 bits per heavy atom. The molecule has 0 saturated heterocycles. The molecule has 1 heterocycles. The topological polar surface area (TPSA) is 22.1 Å². The molecule has 2 nitrogen and oxygen atoms in total. The van der Waals surface area contributed by atoms with Crippen LogP contribution in [-0.2, 0) is 11.3 Å². The smallest absolute Gasteiger partial charge is 0.219 e. The lowest BCUT2D eigenvalue weighted by atomic mass is 9.91. The molecular weight excluding hydrogens is 350 g/mol. The Hall–Kier alpha value is -1.06. The molecule has 4 heteroatoms. The van der Waals surface area contributed by atoms with Crippen molar-refractivity contribution < 1.29 is 4.74 Å². The third-order valence-corrected chi connectivity index (χ3v) is 4.01. The zero-order valence-electron chi connectivity index (χ0n) is 12.7. The number of hydrogen-bond acceptors (Lipinski definition) is 2. The van der Waals surface area contributed by atoms with Gasteiger partial charge in [0.25, 0.3) is 0 Å². The number of halogens is 2. The first-order valence-corrected chi connectivity index (χ1v) is 8.14. The van der Waals surface area contributed by atoms with E-state index in [-0.39, 0.29) is 5.41 Å². The van der Waals surface area contributed by atoms with Crippen molar-refractivity contribution in [2.24, 2.45) is 0 Å². The third-order valence-electron chi connectivity index (χ3n) is 3.09. The lowest BCUT2D eigenvalue weighted by Crippen LogP contribution is -2.14. The summed E-state index contributed by atoms with van der Waals surface area (Å²) in [5.74, 6) is 1.76. The predicted molar refractivity (Wildman–Crippen MR) is 91.4 cm³/mol. The number of hydrogen-bond donors (Lipinski definition) is 0. The molecule has 1 aromatic carbocycles. The van der Waals surface area contributed by atoms with Gasteiger partial charge in [0, 0.05) is 17.4 Å². The lowest BCUT2D eigenvalue weighted by molar-refractivity contribution is 0.448. The molecule has 2 aromatic rings. The minimum atomic E-state index is -0.0509. The number of aryl methyl sites for hydroxylation is 1. The third kappa shape index (κ3) is 4.21. The fraction of sp³-hybridized carbons (Fsp3) is 0.353. The molecule has 0 spiro atoms. The average molecular weight is 369 g/mol. The van der Waals surface area contributed by atoms with E-state index in [1.807, 2.05) is 37.3 Å². The van der Waals surface area contributed by atoms with Gasteiger partial charge in [0.15, 0.2) is 0 Å². The fourth-order valence-corrected chi connectivity index (χ4v) is 2.60. The summed E-state index contributed by atoms with van der Waals surface area (Å²) >= 11 is 9.50. The number of nitrogens with zero attached hydrogens (tertiary/aromatic N) is 1. The van der Waals surface area contributed by atoms with Crippen molar-refractivity contribution in [2.45, 2.75) is 39.0 Å². The van der Waals surface area contributed by atoms with Gasteiger partial charge in [-0.3, -0.25) is 0 Å². The zero-order valence-corrected chi connectivity index (χ0v) is 15.0. The highest BCUT2D eigenvalue weighted by Gasteiger charge is 2.18. The first-order valence-electron chi connectivity index (χ1n) is 6.81. The van der Waals surface area contributed by atoms with E-state index in [0.29, 0.717) is 11.8 Å². The largest absolute Gasteiger partial charge is 0.438 e. The van der Waals surface area contributed by atoms with Gasteiger partial charge in [-0.1, -0.05) is 26.8 Å². The van der Waals surface area contributed by atoms with Crippen molar-refractivity contribution in [3.05, 3.63) is 51.6 Å². The van der Waals surface area contributed by atoms with E-state index in [1.165, 1.54) is 5.56 Å². The summed E-state index contributed by atoms with van der Waals surface area (Å²) < 4.78 is 6.84. The molecule has 0 amide bonds. The van der Waals surface area contributed by atoms with Gasteiger partial charge in [0.2, 0.25) is 5.88 Å². The highest BCUT2D eigenvalue weighted by Crippen LogP contribution is 2.32. The summed E-state index contributed by atoms with van der Waals surface area (Å²) in [5, 5.41) is 0. The standard InChI is InChI=1S/C17H19BrClNO/c1-11-5-6-14(13(18)7-11)21-16-9-12(10-19)8-15(20-16)17(2,3)4/h5-9H,10H2,1-4H3. The van der Waals surface area contributed by atoms with Crippen LogP contribution in [0.4, 0.5) is 0 Å². The SMILES string of the molecule is Cc1ccc(Oc2cc(CCl)cc(C(C)(C)C)n2)c(Br)c1. The van der Waals surface area contributed by atoms with E-state index in [9.17, 15) is 0 Å². The average Bonchev–Trinajstić information content (AvgIpc) is 2.40. The zero-order chi connectivity index (χ0) is 15.6. The molecule has 0 atom stereocenters. The molecule has 112 valence electrons. The van der Waals surface area contributed by atoms with E-state index in [0.717, 1.165) is 21.5 Å². The minimum Gasteiger partial charge on any atom is -0.438 e. The van der Waals surface area contributed by atoms with Crippen LogP contribution in [0.3, 0.4) is 0 Å². The molecule has 0 bridgehead atoms. The number of alkyl halides is 1. The van der Waals surface area contributed by atoms with Crippen LogP contribution in [0.15, 0.2) is 34.8 Å². The van der Waals surface area contributed by atoms with Gasteiger partial charge in [0.05, 0.1) is 10.2 Å². The molecule has 21 heavy (non-hydrogen) atoms. The van der Waals surface area contributed by atoms with Crippen LogP contribution in [-0.4, -0.2) is 4.98 Å². The van der Waals surface area contributed by atoms with E-state index >= 15 is 0 Å². The van der Waals surface area contributed by atoms with E-state index in [1.54, 1.807) is 0 Å². The molecule has 0 aliphatic rings. The maximum absolute atomic E-state index is 5.98. The van der Waals surface area contributed by atoms with Crippen molar-refractivity contribution in [3.8, 4) is 11.6 Å². The summed E-state index contributed by atoms with van der Waals surface area (Å²) in [6, 6.07) is 9.88. The van der Waals surface area contributed by atoms with Gasteiger partial charge in [-0.15, -0.1) is 11.6 Å². The molecule has 1 aromatic heterocycles. The first-order chi connectivity index (χ1) is 9.79. The van der Waals surface area contributed by atoms with Crippen molar-refractivity contribution in [2.75, 3.05) is 0 Å². The Balaban J connectivity index is 2.39. The van der Waals surface area contributed by atoms with Crippen LogP contribution in [0.2, 0.25) is 0 Å². The number of benzene rings is 1. The van der Waals surface area contributed by atoms with E-state index < -0.39 is 0 Å². The van der Waals surface area contributed by atoms with Crippen LogP contribution in [0, 0.1) is 6.92 Å². The molecule has 0 N–H and O–H groups in total. The van der Waals surface area contributed by atoms with Gasteiger partial charge in [-0.25, -0.2) is 4.98 Å². The van der Waals surface area contributed by atoms with E-state index in [2.05, 4.69) is 41.7 Å². The van der Waals surface area contributed by atoms with Crippen molar-refractivity contribution in [1.82, 2.24) is 4.98 Å². The van der Waals surface area contributed by atoms with Gasteiger partial charge >= 0.3 is 0 Å². The van der Waals surface area contributed by atoms with Gasteiger partial charge in [-0.05, 0) is 52.2 Å². The number of pyridine rings is 1. The Bertz CT molecular complexity index is 650. The molecule has 0 aliphatic heterocycles. The molecule has 2 rings (SSSR count). The Morgan fingerprint density at radius 1 is 1.19 bits per heavy atom. The first kappa shape index (κ1) is 16.3. The van der Waals surface area contributed by atoms with Crippen molar-refractivity contribution in [3.63, 3.8) is 0 Å². The van der Waals surface area contributed by atoms with Crippen LogP contribution in [0.1, 0.15) is 37.6 Å². The monoisotopic (exact) mass is 367 g/mol. The maximum Gasteiger partial charge on any atom is 0.219 e. The quantitative estimate of drug-likeness (QED) is 0.622. The minimum absolute atomic E-state index is 0.0509. The fourth-order valence-electron chi connectivity index (χ4n) is 1.87. The van der Waals surface area contributed by atoms with Crippen molar-refractivity contribution in [1.29, 1.82) is 0 Å². The summed E-state index contributed by atoms with van der Waals surface area (Å²) in [4.78, 5) is 4.61. The van der Waals surface area contributed by atoms with E-state index in [4.69, 9.17) is 16.3 Å². The summed E-state index contributed by atoms with van der Waals surface area (Å²) in [7, 11) is 0. The van der Waals surface area contributed by atoms with Gasteiger partial charge in [0.1, 0.15) is 5.75 Å². The molecule has 0 unspecified atom stereocenters. The normalized spacial score (nSPS) is 11.5. The second-order valence-electron chi connectivity index (χ2n) is 6.12. The molecule has 0 fully saturated rings. The Labute approximate surface area is 139 Å². The molecular formula is C17H19BrClNO. The van der Waals surface area contributed by atoms with Crippen LogP contribution in [0.25, 0.3) is 0 Å². The number of ether oxygens (including phenoxy) is 1.